The summed E-state index contributed by atoms with van der Waals surface area (Å²) in [5, 5.41) is 0. The molecule has 0 bridgehead atoms. The number of piperidine rings is 1. The topological polar surface area (TPSA) is 32.8 Å². The summed E-state index contributed by atoms with van der Waals surface area (Å²) in [5.41, 5.74) is 0.268. The lowest BCUT2D eigenvalue weighted by molar-refractivity contribution is -0.146. The number of rotatable bonds is 6. The van der Waals surface area contributed by atoms with Gasteiger partial charge in [-0.05, 0) is 55.6 Å². The quantitative estimate of drug-likeness (QED) is 0.738. The fraction of sp³-hybridized carbons (Fsp3) is 0.435. The van der Waals surface area contributed by atoms with Gasteiger partial charge in [-0.3, -0.25) is 9.69 Å². The summed E-state index contributed by atoms with van der Waals surface area (Å²) in [4.78, 5) is 17.3. The van der Waals surface area contributed by atoms with E-state index >= 15 is 0 Å². The van der Waals surface area contributed by atoms with Crippen LogP contribution in [0.15, 0.2) is 48.5 Å². The monoisotopic (exact) mass is 400 g/mol. The molecule has 2 saturated heterocycles. The van der Waals surface area contributed by atoms with Gasteiger partial charge < -0.3 is 9.64 Å². The van der Waals surface area contributed by atoms with Gasteiger partial charge in [-0.2, -0.15) is 0 Å². The fourth-order valence-corrected chi connectivity index (χ4v) is 4.50. The minimum Gasteiger partial charge on any atom is -0.492 e. The Morgan fingerprint density at radius 1 is 1.00 bits per heavy atom. The van der Waals surface area contributed by atoms with Crippen LogP contribution in [0.2, 0.25) is 0 Å². The van der Waals surface area contributed by atoms with Crippen LogP contribution in [-0.2, 0) is 11.3 Å². The largest absolute Gasteiger partial charge is 0.492 e. The Labute approximate surface area is 170 Å². The molecule has 6 heteroatoms. The van der Waals surface area contributed by atoms with Gasteiger partial charge >= 0.3 is 0 Å². The standard InChI is InChI=1S/C23H26F2N2O2/c24-20-8-7-18(15-21(20)25)16-27-11-4-9-23(22(27)28)10-12-26(17-23)13-14-29-19-5-2-1-3-6-19/h1-3,5-8,15H,4,9-14,16-17H2/t23-/m0/s1. The van der Waals surface area contributed by atoms with Crippen molar-refractivity contribution in [1.82, 2.24) is 9.80 Å². The van der Waals surface area contributed by atoms with Crippen molar-refractivity contribution in [1.29, 1.82) is 0 Å². The van der Waals surface area contributed by atoms with Gasteiger partial charge in [0.15, 0.2) is 11.6 Å². The number of amides is 1. The van der Waals surface area contributed by atoms with E-state index in [2.05, 4.69) is 4.90 Å². The lowest BCUT2D eigenvalue weighted by Crippen LogP contribution is -2.49. The molecule has 1 atom stereocenters. The Morgan fingerprint density at radius 2 is 1.83 bits per heavy atom. The van der Waals surface area contributed by atoms with Crippen LogP contribution in [0.3, 0.4) is 0 Å². The third-order valence-electron chi connectivity index (χ3n) is 6.03. The number of carbonyl (C=O) groups excluding carboxylic acids is 1. The van der Waals surface area contributed by atoms with Crippen LogP contribution in [-0.4, -0.2) is 48.5 Å². The van der Waals surface area contributed by atoms with E-state index in [4.69, 9.17) is 4.74 Å². The van der Waals surface area contributed by atoms with E-state index in [1.807, 2.05) is 30.3 Å². The van der Waals surface area contributed by atoms with Crippen molar-refractivity contribution >= 4 is 5.91 Å². The predicted molar refractivity (Wildman–Crippen MR) is 106 cm³/mol. The Morgan fingerprint density at radius 3 is 2.62 bits per heavy atom. The van der Waals surface area contributed by atoms with E-state index in [-0.39, 0.29) is 11.3 Å². The zero-order chi connectivity index (χ0) is 20.3. The molecule has 0 aliphatic carbocycles. The van der Waals surface area contributed by atoms with Crippen LogP contribution in [0, 0.1) is 17.0 Å². The average Bonchev–Trinajstić information content (AvgIpc) is 3.13. The molecular formula is C23H26F2N2O2. The van der Waals surface area contributed by atoms with Gasteiger partial charge in [0.25, 0.3) is 0 Å². The molecule has 4 nitrogen and oxygen atoms in total. The first-order valence-electron chi connectivity index (χ1n) is 10.2. The predicted octanol–water partition coefficient (Wildman–Crippen LogP) is 3.86. The number of hydrogen-bond acceptors (Lipinski definition) is 3. The second-order valence-corrected chi connectivity index (χ2v) is 8.05. The molecule has 0 unspecified atom stereocenters. The normalized spacial score (nSPS) is 22.4. The van der Waals surface area contributed by atoms with Crippen molar-refractivity contribution in [2.75, 3.05) is 32.8 Å². The van der Waals surface area contributed by atoms with E-state index in [0.29, 0.717) is 25.3 Å². The Balaban J connectivity index is 1.34. The van der Waals surface area contributed by atoms with Crippen molar-refractivity contribution in [3.63, 3.8) is 0 Å². The molecule has 1 spiro atoms. The molecule has 0 aromatic heterocycles. The molecule has 2 aromatic carbocycles. The Hall–Kier alpha value is -2.47. The molecule has 2 fully saturated rings. The van der Waals surface area contributed by atoms with Crippen LogP contribution in [0.25, 0.3) is 0 Å². The molecule has 2 aromatic rings. The van der Waals surface area contributed by atoms with Crippen molar-refractivity contribution in [3.05, 3.63) is 65.7 Å². The second kappa shape index (κ2) is 8.49. The zero-order valence-electron chi connectivity index (χ0n) is 16.4. The van der Waals surface area contributed by atoms with E-state index in [1.165, 1.54) is 6.07 Å². The molecule has 154 valence electrons. The molecule has 2 aliphatic heterocycles. The lowest BCUT2D eigenvalue weighted by Gasteiger charge is -2.39. The van der Waals surface area contributed by atoms with E-state index in [9.17, 15) is 13.6 Å². The number of carbonyl (C=O) groups is 1. The van der Waals surface area contributed by atoms with Crippen molar-refractivity contribution in [2.24, 2.45) is 5.41 Å². The van der Waals surface area contributed by atoms with Crippen LogP contribution in [0.5, 0.6) is 5.75 Å². The molecule has 4 rings (SSSR count). The molecule has 29 heavy (non-hydrogen) atoms. The highest BCUT2D eigenvalue weighted by molar-refractivity contribution is 5.84. The number of ether oxygens (including phenoxy) is 1. The molecule has 0 radical (unpaired) electrons. The maximum atomic E-state index is 13.5. The third-order valence-corrected chi connectivity index (χ3v) is 6.03. The van der Waals surface area contributed by atoms with Crippen LogP contribution in [0.4, 0.5) is 8.78 Å². The average molecular weight is 400 g/mol. The minimum atomic E-state index is -0.868. The molecular weight excluding hydrogens is 374 g/mol. The second-order valence-electron chi connectivity index (χ2n) is 8.05. The highest BCUT2D eigenvalue weighted by atomic mass is 19.2. The van der Waals surface area contributed by atoms with Crippen LogP contribution >= 0.6 is 0 Å². The summed E-state index contributed by atoms with van der Waals surface area (Å²) in [6.45, 7) is 3.98. The minimum absolute atomic E-state index is 0.139. The molecule has 1 amide bonds. The van der Waals surface area contributed by atoms with Gasteiger partial charge in [-0.25, -0.2) is 8.78 Å². The van der Waals surface area contributed by atoms with Crippen molar-refractivity contribution < 1.29 is 18.3 Å². The number of likely N-dealkylation sites (tertiary alicyclic amines) is 2. The molecule has 0 saturated carbocycles. The highest BCUT2D eigenvalue weighted by Crippen LogP contribution is 2.40. The number of hydrogen-bond donors (Lipinski definition) is 0. The number of nitrogens with zero attached hydrogens (tertiary/aromatic N) is 2. The van der Waals surface area contributed by atoms with Gasteiger partial charge in [-0.15, -0.1) is 0 Å². The van der Waals surface area contributed by atoms with Gasteiger partial charge in [-0.1, -0.05) is 24.3 Å². The Kier molecular flexibility index (Phi) is 5.81. The molecule has 0 N–H and O–H groups in total. The highest BCUT2D eigenvalue weighted by Gasteiger charge is 2.48. The first kappa shape index (κ1) is 19.8. The maximum absolute atomic E-state index is 13.5. The summed E-state index contributed by atoms with van der Waals surface area (Å²) in [6.07, 6.45) is 2.66. The van der Waals surface area contributed by atoms with Gasteiger partial charge in [0.05, 0.1) is 5.41 Å². The van der Waals surface area contributed by atoms with Crippen LogP contribution < -0.4 is 4.74 Å². The third kappa shape index (κ3) is 4.42. The van der Waals surface area contributed by atoms with Gasteiger partial charge in [0, 0.05) is 26.2 Å². The smallest absolute Gasteiger partial charge is 0.230 e. The summed E-state index contributed by atoms with van der Waals surface area (Å²) in [5.74, 6) is -0.737. The number of para-hydroxylation sites is 1. The van der Waals surface area contributed by atoms with Gasteiger partial charge in [0.2, 0.25) is 5.91 Å². The van der Waals surface area contributed by atoms with E-state index in [1.54, 1.807) is 11.0 Å². The van der Waals surface area contributed by atoms with E-state index < -0.39 is 11.6 Å². The zero-order valence-corrected chi connectivity index (χ0v) is 16.4. The fourth-order valence-electron chi connectivity index (χ4n) is 4.50. The summed E-state index contributed by atoms with van der Waals surface area (Å²) >= 11 is 0. The first-order chi connectivity index (χ1) is 14.1. The Bertz CT molecular complexity index is 861. The summed E-state index contributed by atoms with van der Waals surface area (Å²) in [7, 11) is 0. The SMILES string of the molecule is O=C1N(Cc2ccc(F)c(F)c2)CCC[C@@]12CCN(CCOc1ccccc1)C2. The van der Waals surface area contributed by atoms with E-state index in [0.717, 1.165) is 50.7 Å². The van der Waals surface area contributed by atoms with Crippen LogP contribution in [0.1, 0.15) is 24.8 Å². The van der Waals surface area contributed by atoms with Crippen molar-refractivity contribution in [3.8, 4) is 5.75 Å². The number of halogens is 2. The van der Waals surface area contributed by atoms with Crippen molar-refractivity contribution in [2.45, 2.75) is 25.8 Å². The molecule has 2 aliphatic rings. The summed E-state index contributed by atoms with van der Waals surface area (Å²) < 4.78 is 32.5. The maximum Gasteiger partial charge on any atom is 0.230 e. The lowest BCUT2D eigenvalue weighted by atomic mass is 9.78. The molecule has 2 heterocycles. The number of benzene rings is 2. The first-order valence-corrected chi connectivity index (χ1v) is 10.2. The van der Waals surface area contributed by atoms with Gasteiger partial charge in [0.1, 0.15) is 12.4 Å². The summed E-state index contributed by atoms with van der Waals surface area (Å²) in [6, 6.07) is 13.6.